The Morgan fingerprint density at radius 1 is 1.06 bits per heavy atom. The quantitative estimate of drug-likeness (QED) is 0.535. The Balaban J connectivity index is 3.97. The Bertz CT molecular complexity index is 191. The molecule has 0 aliphatic carbocycles. The van der Waals surface area contributed by atoms with Crippen LogP contribution in [-0.2, 0) is 14.2 Å². The van der Waals surface area contributed by atoms with E-state index in [-0.39, 0.29) is 11.9 Å². The molecule has 0 rings (SSSR count). The van der Waals surface area contributed by atoms with Crippen molar-refractivity contribution >= 4 is 0 Å². The molecule has 0 aliphatic rings. The monoisotopic (exact) mass is 261 g/mol. The standard InChI is InChI=1S/C14H31NO3/c1-7-15(6)12-18-14(4,5)11-10-13(16-8-2)17-9-3/h13H,7-12H2,1-6H3. The van der Waals surface area contributed by atoms with Gasteiger partial charge < -0.3 is 14.2 Å². The first-order valence-corrected chi connectivity index (χ1v) is 7.00. The summed E-state index contributed by atoms with van der Waals surface area (Å²) in [4.78, 5) is 2.14. The van der Waals surface area contributed by atoms with E-state index < -0.39 is 0 Å². The normalized spacial score (nSPS) is 12.7. The van der Waals surface area contributed by atoms with E-state index in [1.807, 2.05) is 13.8 Å². The lowest BCUT2D eigenvalue weighted by Gasteiger charge is -2.29. The lowest BCUT2D eigenvalue weighted by Crippen LogP contribution is -2.33. The number of ether oxygens (including phenoxy) is 3. The van der Waals surface area contributed by atoms with E-state index in [1.54, 1.807) is 0 Å². The maximum Gasteiger partial charge on any atom is 0.157 e. The van der Waals surface area contributed by atoms with Crippen molar-refractivity contribution < 1.29 is 14.2 Å². The molecule has 0 aromatic heterocycles. The van der Waals surface area contributed by atoms with Crippen LogP contribution in [-0.4, -0.2) is 50.3 Å². The number of hydrogen-bond donors (Lipinski definition) is 0. The van der Waals surface area contributed by atoms with Gasteiger partial charge in [-0.05, 0) is 47.7 Å². The molecule has 0 bridgehead atoms. The molecule has 0 radical (unpaired) electrons. The van der Waals surface area contributed by atoms with Crippen molar-refractivity contribution in [2.45, 2.75) is 59.4 Å². The predicted octanol–water partition coefficient (Wildman–Crippen LogP) is 2.87. The molecule has 0 N–H and O–H groups in total. The van der Waals surface area contributed by atoms with Crippen LogP contribution in [0, 0.1) is 0 Å². The van der Waals surface area contributed by atoms with Crippen LogP contribution in [0.5, 0.6) is 0 Å². The van der Waals surface area contributed by atoms with Crippen molar-refractivity contribution in [2.24, 2.45) is 0 Å². The molecular weight excluding hydrogens is 230 g/mol. The largest absolute Gasteiger partial charge is 0.360 e. The van der Waals surface area contributed by atoms with Crippen LogP contribution in [0.1, 0.15) is 47.5 Å². The third-order valence-electron chi connectivity index (χ3n) is 2.90. The molecule has 0 aromatic carbocycles. The van der Waals surface area contributed by atoms with Gasteiger partial charge in [0, 0.05) is 19.6 Å². The maximum atomic E-state index is 5.90. The lowest BCUT2D eigenvalue weighted by atomic mass is 10.0. The molecule has 0 aromatic rings. The number of nitrogens with zero attached hydrogens (tertiary/aromatic N) is 1. The fourth-order valence-electron chi connectivity index (χ4n) is 1.50. The molecule has 0 heterocycles. The summed E-state index contributed by atoms with van der Waals surface area (Å²) in [5.41, 5.74) is -0.143. The average molecular weight is 261 g/mol. The van der Waals surface area contributed by atoms with Crippen molar-refractivity contribution in [3.05, 3.63) is 0 Å². The Labute approximate surface area is 113 Å². The highest BCUT2D eigenvalue weighted by Crippen LogP contribution is 2.19. The second-order valence-electron chi connectivity index (χ2n) is 5.08. The smallest absolute Gasteiger partial charge is 0.157 e. The van der Waals surface area contributed by atoms with Gasteiger partial charge in [-0.1, -0.05) is 6.92 Å². The molecule has 0 amide bonds. The van der Waals surface area contributed by atoms with E-state index in [0.29, 0.717) is 19.9 Å². The zero-order chi connectivity index (χ0) is 14.0. The first kappa shape index (κ1) is 17.8. The molecular formula is C14H31NO3. The molecule has 0 unspecified atom stereocenters. The van der Waals surface area contributed by atoms with Gasteiger partial charge in [-0.25, -0.2) is 0 Å². The summed E-state index contributed by atoms with van der Waals surface area (Å²) < 4.78 is 17.0. The molecule has 110 valence electrons. The minimum atomic E-state index is -0.143. The van der Waals surface area contributed by atoms with Crippen LogP contribution in [0.25, 0.3) is 0 Å². The SMILES string of the molecule is CCOC(CCC(C)(C)OCN(C)CC)OCC. The first-order valence-electron chi connectivity index (χ1n) is 7.00. The van der Waals surface area contributed by atoms with Crippen LogP contribution in [0.3, 0.4) is 0 Å². The summed E-state index contributed by atoms with van der Waals surface area (Å²) in [6.45, 7) is 13.4. The Morgan fingerprint density at radius 2 is 1.61 bits per heavy atom. The molecule has 0 spiro atoms. The number of rotatable bonds is 11. The molecule has 0 saturated heterocycles. The second-order valence-corrected chi connectivity index (χ2v) is 5.08. The topological polar surface area (TPSA) is 30.9 Å². The molecule has 4 nitrogen and oxygen atoms in total. The molecule has 0 saturated carbocycles. The lowest BCUT2D eigenvalue weighted by molar-refractivity contribution is -0.152. The van der Waals surface area contributed by atoms with Crippen molar-refractivity contribution in [1.82, 2.24) is 4.90 Å². The van der Waals surface area contributed by atoms with Gasteiger partial charge in [-0.2, -0.15) is 0 Å². The van der Waals surface area contributed by atoms with Gasteiger partial charge in [-0.15, -0.1) is 0 Å². The third-order valence-corrected chi connectivity index (χ3v) is 2.90. The molecule has 0 aliphatic heterocycles. The third kappa shape index (κ3) is 8.86. The van der Waals surface area contributed by atoms with E-state index >= 15 is 0 Å². The molecule has 0 fully saturated rings. The average Bonchev–Trinajstić information content (AvgIpc) is 2.34. The van der Waals surface area contributed by atoms with E-state index in [0.717, 1.165) is 19.4 Å². The zero-order valence-corrected chi connectivity index (χ0v) is 13.0. The highest BCUT2D eigenvalue weighted by molar-refractivity contribution is 4.69. The van der Waals surface area contributed by atoms with Gasteiger partial charge >= 0.3 is 0 Å². The van der Waals surface area contributed by atoms with Crippen LogP contribution < -0.4 is 0 Å². The van der Waals surface area contributed by atoms with Crippen LogP contribution >= 0.6 is 0 Å². The van der Waals surface area contributed by atoms with Gasteiger partial charge in [0.1, 0.15) is 0 Å². The highest BCUT2D eigenvalue weighted by atomic mass is 16.7. The van der Waals surface area contributed by atoms with Crippen molar-refractivity contribution in [1.29, 1.82) is 0 Å². The Kier molecular flexibility index (Phi) is 9.64. The van der Waals surface area contributed by atoms with E-state index in [4.69, 9.17) is 14.2 Å². The predicted molar refractivity (Wildman–Crippen MR) is 74.6 cm³/mol. The van der Waals surface area contributed by atoms with Gasteiger partial charge in [0.05, 0.1) is 12.3 Å². The summed E-state index contributed by atoms with van der Waals surface area (Å²) in [6, 6.07) is 0. The molecule has 18 heavy (non-hydrogen) atoms. The Hall–Kier alpha value is -0.160. The van der Waals surface area contributed by atoms with Crippen LogP contribution in [0.4, 0.5) is 0 Å². The second kappa shape index (κ2) is 9.73. The van der Waals surface area contributed by atoms with E-state index in [2.05, 4.69) is 32.7 Å². The summed E-state index contributed by atoms with van der Waals surface area (Å²) >= 11 is 0. The van der Waals surface area contributed by atoms with Crippen LogP contribution in [0.15, 0.2) is 0 Å². The van der Waals surface area contributed by atoms with Crippen molar-refractivity contribution in [3.8, 4) is 0 Å². The molecule has 0 atom stereocenters. The maximum absolute atomic E-state index is 5.90. The van der Waals surface area contributed by atoms with Gasteiger partial charge in [0.2, 0.25) is 0 Å². The van der Waals surface area contributed by atoms with Crippen molar-refractivity contribution in [2.75, 3.05) is 33.5 Å². The summed E-state index contributed by atoms with van der Waals surface area (Å²) in [7, 11) is 2.05. The zero-order valence-electron chi connectivity index (χ0n) is 13.0. The van der Waals surface area contributed by atoms with E-state index in [1.165, 1.54) is 0 Å². The number of hydrogen-bond acceptors (Lipinski definition) is 4. The molecule has 4 heteroatoms. The summed E-state index contributed by atoms with van der Waals surface area (Å²) in [5.74, 6) is 0. The van der Waals surface area contributed by atoms with Crippen molar-refractivity contribution in [3.63, 3.8) is 0 Å². The van der Waals surface area contributed by atoms with Crippen LogP contribution in [0.2, 0.25) is 0 Å². The minimum absolute atomic E-state index is 0.105. The van der Waals surface area contributed by atoms with E-state index in [9.17, 15) is 0 Å². The minimum Gasteiger partial charge on any atom is -0.360 e. The van der Waals surface area contributed by atoms with Gasteiger partial charge in [-0.3, -0.25) is 4.90 Å². The fourth-order valence-corrected chi connectivity index (χ4v) is 1.50. The summed E-state index contributed by atoms with van der Waals surface area (Å²) in [6.07, 6.45) is 1.69. The Morgan fingerprint density at radius 3 is 2.06 bits per heavy atom. The first-order chi connectivity index (χ1) is 8.45. The fraction of sp³-hybridized carbons (Fsp3) is 1.00. The van der Waals surface area contributed by atoms with Gasteiger partial charge in [0.15, 0.2) is 6.29 Å². The highest BCUT2D eigenvalue weighted by Gasteiger charge is 2.21. The summed E-state index contributed by atoms with van der Waals surface area (Å²) in [5, 5.41) is 0. The van der Waals surface area contributed by atoms with Gasteiger partial charge in [0.25, 0.3) is 0 Å².